The number of hydrogen-bond donors (Lipinski definition) is 1. The summed E-state index contributed by atoms with van der Waals surface area (Å²) in [6.45, 7) is -0.165. The molecular formula is C20H16Cl2F2N2O3. The van der Waals surface area contributed by atoms with Crippen molar-refractivity contribution in [1.29, 1.82) is 0 Å². The van der Waals surface area contributed by atoms with E-state index in [9.17, 15) is 18.4 Å². The molecule has 5 nitrogen and oxygen atoms in total. The standard InChI is InChI=1S/C20H16Cl2F2N2O3/c21-11-3-16(24)17(25-6-11)18(28)26-20-8-19(9-20,10-20)5-12(27)7-29-13-1-2-14(22)15(23)4-13/h1-4,6H,5,7-10H2,(H,26,28). The number of halogens is 4. The van der Waals surface area contributed by atoms with Crippen LogP contribution in [0.3, 0.4) is 0 Å². The van der Waals surface area contributed by atoms with Gasteiger partial charge in [-0.2, -0.15) is 0 Å². The number of ketones is 1. The fourth-order valence-electron chi connectivity index (χ4n) is 4.40. The quantitative estimate of drug-likeness (QED) is 0.694. The summed E-state index contributed by atoms with van der Waals surface area (Å²) in [5.74, 6) is -1.85. The van der Waals surface area contributed by atoms with E-state index >= 15 is 0 Å². The zero-order chi connectivity index (χ0) is 20.8. The Morgan fingerprint density at radius 1 is 1.14 bits per heavy atom. The van der Waals surface area contributed by atoms with Crippen LogP contribution in [0.2, 0.25) is 10.0 Å². The van der Waals surface area contributed by atoms with Crippen molar-refractivity contribution in [2.24, 2.45) is 5.41 Å². The molecule has 2 bridgehead atoms. The van der Waals surface area contributed by atoms with E-state index in [1.54, 1.807) is 0 Å². The molecule has 5 rings (SSSR count). The first kappa shape index (κ1) is 20.0. The van der Waals surface area contributed by atoms with E-state index in [0.29, 0.717) is 25.7 Å². The van der Waals surface area contributed by atoms with E-state index in [-0.39, 0.29) is 39.3 Å². The number of carbonyl (C=O) groups is 2. The monoisotopic (exact) mass is 440 g/mol. The van der Waals surface area contributed by atoms with Gasteiger partial charge in [-0.25, -0.2) is 13.8 Å². The highest BCUT2D eigenvalue weighted by atomic mass is 35.5. The van der Waals surface area contributed by atoms with Crippen LogP contribution in [0, 0.1) is 17.0 Å². The topological polar surface area (TPSA) is 68.3 Å². The Bertz CT molecular complexity index is 995. The zero-order valence-corrected chi connectivity index (χ0v) is 16.6. The molecule has 1 heterocycles. The Morgan fingerprint density at radius 3 is 2.52 bits per heavy atom. The maximum atomic E-state index is 13.8. The molecule has 1 aromatic carbocycles. The number of aromatic nitrogens is 1. The Balaban J connectivity index is 1.26. The predicted molar refractivity (Wildman–Crippen MR) is 102 cm³/mol. The highest BCUT2D eigenvalue weighted by molar-refractivity contribution is 6.30. The van der Waals surface area contributed by atoms with E-state index in [0.717, 1.165) is 12.1 Å². The third-order valence-corrected chi connectivity index (χ3v) is 5.92. The molecule has 29 heavy (non-hydrogen) atoms. The second-order valence-electron chi connectivity index (χ2n) is 7.83. The van der Waals surface area contributed by atoms with Crippen molar-refractivity contribution in [2.45, 2.75) is 31.2 Å². The van der Waals surface area contributed by atoms with Crippen LogP contribution in [0.4, 0.5) is 8.78 Å². The number of amides is 1. The lowest BCUT2D eigenvalue weighted by Crippen LogP contribution is -2.75. The lowest BCUT2D eigenvalue weighted by molar-refractivity contribution is -0.162. The maximum Gasteiger partial charge on any atom is 0.273 e. The van der Waals surface area contributed by atoms with Crippen LogP contribution >= 0.6 is 23.2 Å². The average molecular weight is 441 g/mol. The van der Waals surface area contributed by atoms with Gasteiger partial charge in [0.25, 0.3) is 5.91 Å². The number of nitrogens with one attached hydrogen (secondary N) is 1. The minimum Gasteiger partial charge on any atom is -0.486 e. The van der Waals surface area contributed by atoms with Gasteiger partial charge in [0.05, 0.1) is 10.0 Å². The summed E-state index contributed by atoms with van der Waals surface area (Å²) in [4.78, 5) is 28.2. The molecule has 2 aromatic rings. The van der Waals surface area contributed by atoms with E-state index in [4.69, 9.17) is 27.9 Å². The average Bonchev–Trinajstić information content (AvgIpc) is 2.59. The van der Waals surface area contributed by atoms with E-state index in [1.165, 1.54) is 18.3 Å². The van der Waals surface area contributed by atoms with Crippen molar-refractivity contribution in [2.75, 3.05) is 6.61 Å². The van der Waals surface area contributed by atoms with Crippen molar-refractivity contribution < 1.29 is 23.1 Å². The Labute approximate surface area is 175 Å². The summed E-state index contributed by atoms with van der Waals surface area (Å²) in [5, 5.41) is 2.92. The number of nitrogens with zero attached hydrogens (tertiary/aromatic N) is 1. The number of benzene rings is 1. The lowest BCUT2D eigenvalue weighted by Gasteiger charge is -2.70. The minimum absolute atomic E-state index is 0.0152. The largest absolute Gasteiger partial charge is 0.486 e. The number of ether oxygens (including phenoxy) is 1. The van der Waals surface area contributed by atoms with Crippen molar-refractivity contribution in [3.8, 4) is 5.75 Å². The first-order valence-electron chi connectivity index (χ1n) is 8.92. The van der Waals surface area contributed by atoms with Gasteiger partial charge in [-0.3, -0.25) is 9.59 Å². The SMILES string of the molecule is O=C(COc1ccc(Cl)c(F)c1)CC12CC(NC(=O)c3ncc(Cl)cc3F)(C1)C2. The highest BCUT2D eigenvalue weighted by Crippen LogP contribution is 2.69. The van der Waals surface area contributed by atoms with Crippen LogP contribution in [0.5, 0.6) is 5.75 Å². The smallest absolute Gasteiger partial charge is 0.273 e. The van der Waals surface area contributed by atoms with Crippen LogP contribution in [0.15, 0.2) is 30.5 Å². The predicted octanol–water partition coefficient (Wildman–Crippen LogP) is 4.36. The molecule has 0 unspecified atom stereocenters. The summed E-state index contributed by atoms with van der Waals surface area (Å²) in [6, 6.07) is 5.03. The van der Waals surface area contributed by atoms with Gasteiger partial charge < -0.3 is 10.1 Å². The van der Waals surface area contributed by atoms with Gasteiger partial charge in [0.15, 0.2) is 17.3 Å². The Hall–Kier alpha value is -2.25. The van der Waals surface area contributed by atoms with Crippen LogP contribution in [0.25, 0.3) is 0 Å². The maximum absolute atomic E-state index is 13.8. The summed E-state index contributed by atoms with van der Waals surface area (Å²) in [5.41, 5.74) is -0.871. The molecule has 3 fully saturated rings. The number of carbonyl (C=O) groups excluding carboxylic acids is 2. The van der Waals surface area contributed by atoms with Crippen molar-refractivity contribution in [3.63, 3.8) is 0 Å². The number of pyridine rings is 1. The lowest BCUT2D eigenvalue weighted by atomic mass is 9.38. The first-order valence-corrected chi connectivity index (χ1v) is 9.68. The summed E-state index contributed by atoms with van der Waals surface area (Å²) in [6.07, 6.45) is 3.45. The molecule has 0 saturated heterocycles. The van der Waals surface area contributed by atoms with Gasteiger partial charge >= 0.3 is 0 Å². The normalized spacial score (nSPS) is 24.3. The van der Waals surface area contributed by atoms with Gasteiger partial charge in [0.2, 0.25) is 0 Å². The molecule has 3 saturated carbocycles. The second-order valence-corrected chi connectivity index (χ2v) is 8.67. The Morgan fingerprint density at radius 2 is 1.86 bits per heavy atom. The number of hydrogen-bond acceptors (Lipinski definition) is 4. The molecule has 0 aliphatic heterocycles. The van der Waals surface area contributed by atoms with Crippen LogP contribution in [0.1, 0.15) is 36.2 Å². The fourth-order valence-corrected chi connectivity index (χ4v) is 4.66. The van der Waals surface area contributed by atoms with Crippen LogP contribution in [-0.2, 0) is 4.79 Å². The second kappa shape index (κ2) is 7.22. The highest BCUT2D eigenvalue weighted by Gasteiger charge is 2.68. The molecular weight excluding hydrogens is 425 g/mol. The number of rotatable bonds is 7. The molecule has 1 aromatic heterocycles. The van der Waals surface area contributed by atoms with Gasteiger partial charge in [-0.1, -0.05) is 23.2 Å². The third-order valence-electron chi connectivity index (χ3n) is 5.40. The molecule has 0 atom stereocenters. The molecule has 3 aliphatic rings. The first-order chi connectivity index (χ1) is 13.7. The van der Waals surface area contributed by atoms with Gasteiger partial charge in [-0.15, -0.1) is 0 Å². The molecule has 0 spiro atoms. The molecule has 9 heteroatoms. The van der Waals surface area contributed by atoms with Crippen molar-refractivity contribution in [1.82, 2.24) is 10.3 Å². The molecule has 1 amide bonds. The summed E-state index contributed by atoms with van der Waals surface area (Å²) >= 11 is 11.3. The fraction of sp³-hybridized carbons (Fsp3) is 0.350. The van der Waals surface area contributed by atoms with Crippen LogP contribution in [-0.4, -0.2) is 28.8 Å². The molecule has 152 valence electrons. The van der Waals surface area contributed by atoms with Crippen molar-refractivity contribution in [3.05, 3.63) is 57.8 Å². The number of Topliss-reactive ketones (excluding diaryl/α,β-unsaturated/α-hetero) is 1. The van der Waals surface area contributed by atoms with Gasteiger partial charge in [0, 0.05) is 24.2 Å². The van der Waals surface area contributed by atoms with E-state index in [2.05, 4.69) is 10.3 Å². The van der Waals surface area contributed by atoms with Crippen molar-refractivity contribution >= 4 is 34.9 Å². The Kier molecular flexibility index (Phi) is 4.99. The minimum atomic E-state index is -0.776. The van der Waals surface area contributed by atoms with E-state index < -0.39 is 23.1 Å². The van der Waals surface area contributed by atoms with E-state index in [1.807, 2.05) is 0 Å². The zero-order valence-electron chi connectivity index (χ0n) is 15.1. The summed E-state index contributed by atoms with van der Waals surface area (Å²) < 4.78 is 32.6. The molecule has 1 N–H and O–H groups in total. The molecule has 0 radical (unpaired) electrons. The third kappa shape index (κ3) is 3.94. The summed E-state index contributed by atoms with van der Waals surface area (Å²) in [7, 11) is 0. The van der Waals surface area contributed by atoms with Gasteiger partial charge in [0.1, 0.15) is 18.2 Å². The van der Waals surface area contributed by atoms with Gasteiger partial charge in [-0.05, 0) is 42.9 Å². The molecule has 3 aliphatic carbocycles. The van der Waals surface area contributed by atoms with Crippen LogP contribution < -0.4 is 10.1 Å².